The summed E-state index contributed by atoms with van der Waals surface area (Å²) in [5, 5.41) is 4.14. The van der Waals surface area contributed by atoms with Crippen molar-refractivity contribution in [1.82, 2.24) is 10.3 Å². The number of hydrogen-bond donors (Lipinski definition) is 1. The van der Waals surface area contributed by atoms with Crippen molar-refractivity contribution in [2.24, 2.45) is 0 Å². The fourth-order valence-electron chi connectivity index (χ4n) is 3.17. The molecule has 0 saturated carbocycles. The molecule has 1 N–H and O–H groups in total. The zero-order valence-corrected chi connectivity index (χ0v) is 17.1. The molecule has 0 bridgehead atoms. The van der Waals surface area contributed by atoms with Gasteiger partial charge in [-0.25, -0.2) is 0 Å². The Balaban J connectivity index is 1.82. The summed E-state index contributed by atoms with van der Waals surface area (Å²) in [6.07, 6.45) is 1.82. The van der Waals surface area contributed by atoms with Crippen LogP contribution >= 0.6 is 39.5 Å². The van der Waals surface area contributed by atoms with Crippen molar-refractivity contribution in [2.45, 2.75) is 12.1 Å². The van der Waals surface area contributed by atoms with Crippen molar-refractivity contribution in [2.75, 3.05) is 12.0 Å². The smallest absolute Gasteiger partial charge is 0.174 e. The van der Waals surface area contributed by atoms with Crippen LogP contribution in [0.5, 0.6) is 5.75 Å². The van der Waals surface area contributed by atoms with Crippen LogP contribution in [0, 0.1) is 0 Å². The van der Waals surface area contributed by atoms with Gasteiger partial charge in [-0.1, -0.05) is 12.1 Å². The van der Waals surface area contributed by atoms with Crippen molar-refractivity contribution < 1.29 is 4.74 Å². The summed E-state index contributed by atoms with van der Waals surface area (Å²) in [5.41, 5.74) is 1.96. The minimum absolute atomic E-state index is 0.0146. The molecule has 26 heavy (non-hydrogen) atoms. The van der Waals surface area contributed by atoms with E-state index < -0.39 is 0 Å². The molecule has 4 rings (SSSR count). The quantitative estimate of drug-likeness (QED) is 0.565. The predicted molar refractivity (Wildman–Crippen MR) is 113 cm³/mol. The molecule has 1 aliphatic rings. The number of nitrogens with one attached hydrogen (secondary N) is 1. The third-order valence-electron chi connectivity index (χ3n) is 4.32. The number of anilines is 1. The minimum atomic E-state index is -0.0274. The Kier molecular flexibility index (Phi) is 4.93. The van der Waals surface area contributed by atoms with Gasteiger partial charge in [0.25, 0.3) is 0 Å². The Labute approximate surface area is 170 Å². The highest BCUT2D eigenvalue weighted by Crippen LogP contribution is 2.44. The van der Waals surface area contributed by atoms with E-state index in [1.54, 1.807) is 18.4 Å². The van der Waals surface area contributed by atoms with Crippen LogP contribution < -0.4 is 15.0 Å². The number of aromatic nitrogens is 1. The maximum atomic E-state index is 5.70. The normalized spacial score (nSPS) is 19.5. The van der Waals surface area contributed by atoms with Gasteiger partial charge in [0.15, 0.2) is 5.11 Å². The molecule has 1 fully saturated rings. The van der Waals surface area contributed by atoms with Crippen molar-refractivity contribution >= 4 is 50.3 Å². The van der Waals surface area contributed by atoms with Crippen molar-refractivity contribution in [3.05, 3.63) is 75.2 Å². The zero-order valence-electron chi connectivity index (χ0n) is 13.9. The predicted octanol–water partition coefficient (Wildman–Crippen LogP) is 5.09. The fraction of sp³-hybridized carbons (Fsp3) is 0.158. The molecule has 1 saturated heterocycles. The van der Waals surface area contributed by atoms with Gasteiger partial charge in [-0.15, -0.1) is 11.3 Å². The Morgan fingerprint density at radius 3 is 2.77 bits per heavy atom. The number of thiophene rings is 1. The molecule has 0 amide bonds. The molecule has 0 unspecified atom stereocenters. The lowest BCUT2D eigenvalue weighted by Crippen LogP contribution is -2.29. The van der Waals surface area contributed by atoms with Crippen molar-refractivity contribution in [3.63, 3.8) is 0 Å². The van der Waals surface area contributed by atoms with Gasteiger partial charge < -0.3 is 15.0 Å². The summed E-state index contributed by atoms with van der Waals surface area (Å²) >= 11 is 11.0. The third-order valence-corrected chi connectivity index (χ3v) is 6.32. The number of methoxy groups -OCH3 is 1. The Hall–Kier alpha value is -1.96. The Morgan fingerprint density at radius 1 is 1.19 bits per heavy atom. The maximum absolute atomic E-state index is 5.70. The van der Waals surface area contributed by atoms with Crippen LogP contribution in [0.25, 0.3) is 0 Å². The molecule has 132 valence electrons. The first-order valence-electron chi connectivity index (χ1n) is 8.07. The molecule has 4 nitrogen and oxygen atoms in total. The lowest BCUT2D eigenvalue weighted by Gasteiger charge is -2.27. The lowest BCUT2D eigenvalue weighted by atomic mass is 10.0. The second-order valence-corrected chi connectivity index (χ2v) is 8.72. The van der Waals surface area contributed by atoms with Crippen molar-refractivity contribution in [1.29, 1.82) is 0 Å². The summed E-state index contributed by atoms with van der Waals surface area (Å²) in [7, 11) is 1.67. The average molecular weight is 446 g/mol. The van der Waals surface area contributed by atoms with Gasteiger partial charge in [-0.2, -0.15) is 0 Å². The molecule has 0 spiro atoms. The maximum Gasteiger partial charge on any atom is 0.174 e. The second kappa shape index (κ2) is 7.34. The molecule has 0 aliphatic carbocycles. The zero-order chi connectivity index (χ0) is 18.1. The molecular weight excluding hydrogens is 430 g/mol. The molecule has 2 atom stereocenters. The van der Waals surface area contributed by atoms with Gasteiger partial charge >= 0.3 is 0 Å². The van der Waals surface area contributed by atoms with Gasteiger partial charge in [0.05, 0.1) is 28.7 Å². The van der Waals surface area contributed by atoms with Gasteiger partial charge in [0, 0.05) is 22.8 Å². The fourth-order valence-corrected chi connectivity index (χ4v) is 5.07. The highest BCUT2D eigenvalue weighted by Gasteiger charge is 2.41. The van der Waals surface area contributed by atoms with E-state index in [9.17, 15) is 0 Å². The number of thiocarbonyl (C=S) groups is 1. The van der Waals surface area contributed by atoms with Gasteiger partial charge in [-0.3, -0.25) is 4.98 Å². The first kappa shape index (κ1) is 17.5. The van der Waals surface area contributed by atoms with Crippen LogP contribution in [0.15, 0.2) is 64.6 Å². The van der Waals surface area contributed by atoms with Gasteiger partial charge in [0.1, 0.15) is 5.75 Å². The average Bonchev–Trinajstić information content (AvgIpc) is 3.25. The number of ether oxygens (including phenoxy) is 1. The molecule has 3 aromatic rings. The first-order chi connectivity index (χ1) is 12.7. The SMILES string of the molecule is COc1cccc(N2C(=S)N[C@H](c3ccccn3)[C@@H]2c2ccc(Br)s2)c1. The van der Waals surface area contributed by atoms with E-state index in [2.05, 4.69) is 43.3 Å². The highest BCUT2D eigenvalue weighted by atomic mass is 79.9. The molecule has 2 aromatic heterocycles. The molecule has 1 aliphatic heterocycles. The number of halogens is 1. The van der Waals surface area contributed by atoms with E-state index in [0.717, 1.165) is 20.9 Å². The van der Waals surface area contributed by atoms with E-state index in [1.807, 2.05) is 48.7 Å². The largest absolute Gasteiger partial charge is 0.497 e. The minimum Gasteiger partial charge on any atom is -0.497 e. The standard InChI is InChI=1S/C19H16BrN3OS2/c1-24-13-6-4-5-12(11-13)23-18(15-8-9-16(20)26-15)17(22-19(23)25)14-7-2-3-10-21-14/h2-11,17-18H,1H3,(H,22,25)/t17-,18+/m1/s1. The van der Waals surface area contributed by atoms with E-state index in [4.69, 9.17) is 17.0 Å². The van der Waals surface area contributed by atoms with Crippen LogP contribution in [-0.4, -0.2) is 17.2 Å². The number of hydrogen-bond acceptors (Lipinski definition) is 4. The van der Waals surface area contributed by atoms with Crippen LogP contribution in [0.1, 0.15) is 22.7 Å². The second-order valence-electron chi connectivity index (χ2n) is 5.84. The molecule has 7 heteroatoms. The van der Waals surface area contributed by atoms with E-state index in [0.29, 0.717) is 5.11 Å². The van der Waals surface area contributed by atoms with Gasteiger partial charge in [-0.05, 0) is 64.5 Å². The van der Waals surface area contributed by atoms with E-state index in [-0.39, 0.29) is 12.1 Å². The van der Waals surface area contributed by atoms with Crippen LogP contribution in [0.4, 0.5) is 5.69 Å². The molecule has 1 aromatic carbocycles. The van der Waals surface area contributed by atoms with E-state index in [1.165, 1.54) is 4.88 Å². The number of nitrogens with zero attached hydrogens (tertiary/aromatic N) is 2. The monoisotopic (exact) mass is 445 g/mol. The molecule has 0 radical (unpaired) electrons. The van der Waals surface area contributed by atoms with Gasteiger partial charge in [0.2, 0.25) is 0 Å². The highest BCUT2D eigenvalue weighted by molar-refractivity contribution is 9.11. The van der Waals surface area contributed by atoms with E-state index >= 15 is 0 Å². The molecule has 3 heterocycles. The summed E-state index contributed by atoms with van der Waals surface area (Å²) in [6, 6.07) is 18.1. The third kappa shape index (κ3) is 3.22. The Bertz CT molecular complexity index is 931. The number of benzene rings is 1. The topological polar surface area (TPSA) is 37.4 Å². The summed E-state index contributed by atoms with van der Waals surface area (Å²) in [4.78, 5) is 7.92. The molecular formula is C19H16BrN3OS2. The summed E-state index contributed by atoms with van der Waals surface area (Å²) in [5.74, 6) is 0.803. The van der Waals surface area contributed by atoms with Crippen molar-refractivity contribution in [3.8, 4) is 5.75 Å². The van der Waals surface area contributed by atoms with Crippen LogP contribution in [-0.2, 0) is 0 Å². The number of pyridine rings is 1. The summed E-state index contributed by atoms with van der Waals surface area (Å²) in [6.45, 7) is 0. The first-order valence-corrected chi connectivity index (χ1v) is 10.1. The lowest BCUT2D eigenvalue weighted by molar-refractivity contribution is 0.415. The van der Waals surface area contributed by atoms with Crippen LogP contribution in [0.3, 0.4) is 0 Å². The number of rotatable bonds is 4. The Morgan fingerprint density at radius 2 is 2.08 bits per heavy atom. The van der Waals surface area contributed by atoms with Crippen LogP contribution in [0.2, 0.25) is 0 Å². The summed E-state index contributed by atoms with van der Waals surface area (Å²) < 4.78 is 6.49.